The maximum absolute atomic E-state index is 10.9. The second-order valence-corrected chi connectivity index (χ2v) is 3.71. The van der Waals surface area contributed by atoms with Crippen molar-refractivity contribution in [1.29, 1.82) is 0 Å². The van der Waals surface area contributed by atoms with E-state index in [0.717, 1.165) is 5.56 Å². The van der Waals surface area contributed by atoms with Crippen LogP contribution in [0.5, 0.6) is 0 Å². The van der Waals surface area contributed by atoms with Gasteiger partial charge in [-0.2, -0.15) is 0 Å². The summed E-state index contributed by atoms with van der Waals surface area (Å²) in [5.41, 5.74) is 7.07. The average Bonchev–Trinajstić information content (AvgIpc) is 2.56. The van der Waals surface area contributed by atoms with Crippen molar-refractivity contribution in [2.75, 3.05) is 5.73 Å². The van der Waals surface area contributed by atoms with Gasteiger partial charge in [-0.05, 0) is 24.6 Å². The lowest BCUT2D eigenvalue weighted by Crippen LogP contribution is -2.00. The molecule has 4 heteroatoms. The molecule has 0 radical (unpaired) electrons. The van der Waals surface area contributed by atoms with Gasteiger partial charge in [0, 0.05) is 22.7 Å². The molecule has 1 heterocycles. The summed E-state index contributed by atoms with van der Waals surface area (Å²) in [5, 5.41) is 0.596. The second-order valence-electron chi connectivity index (χ2n) is 3.30. The van der Waals surface area contributed by atoms with E-state index < -0.39 is 0 Å². The van der Waals surface area contributed by atoms with Crippen LogP contribution in [0, 0.1) is 0 Å². The van der Waals surface area contributed by atoms with Crippen LogP contribution in [-0.2, 0) is 9.53 Å². The molecule has 1 fully saturated rings. The molecule has 1 aliphatic heterocycles. The monoisotopic (exact) mass is 211 g/mol. The minimum absolute atomic E-state index is 0.173. The average molecular weight is 212 g/mol. The van der Waals surface area contributed by atoms with Crippen LogP contribution in [0.25, 0.3) is 0 Å². The van der Waals surface area contributed by atoms with Crippen molar-refractivity contribution in [3.63, 3.8) is 0 Å². The third-order valence-electron chi connectivity index (χ3n) is 2.25. The number of cyclic esters (lactones) is 1. The van der Waals surface area contributed by atoms with Gasteiger partial charge in [0.15, 0.2) is 0 Å². The first kappa shape index (κ1) is 9.34. The Kier molecular flexibility index (Phi) is 2.33. The minimum Gasteiger partial charge on any atom is -0.457 e. The van der Waals surface area contributed by atoms with E-state index in [1.54, 1.807) is 18.2 Å². The van der Waals surface area contributed by atoms with E-state index in [-0.39, 0.29) is 12.1 Å². The molecule has 74 valence electrons. The Bertz CT molecular complexity index is 378. The van der Waals surface area contributed by atoms with Crippen LogP contribution in [-0.4, -0.2) is 5.97 Å². The lowest BCUT2D eigenvalue weighted by atomic mass is 10.1. The van der Waals surface area contributed by atoms with Gasteiger partial charge in [0.25, 0.3) is 0 Å². The lowest BCUT2D eigenvalue weighted by Gasteiger charge is -2.11. The molecule has 0 amide bonds. The standard InChI is InChI=1S/C10H10ClNO2/c11-8-2-1-6(12)5-7(8)9-3-4-10(13)14-9/h1-2,5,9H,3-4,12H2. The Hall–Kier alpha value is -1.22. The van der Waals surface area contributed by atoms with Crippen molar-refractivity contribution in [2.24, 2.45) is 0 Å². The number of nitrogen functional groups attached to an aromatic ring is 1. The zero-order chi connectivity index (χ0) is 10.1. The first-order valence-corrected chi connectivity index (χ1v) is 4.79. The number of nitrogens with two attached hydrogens (primary N) is 1. The molecular formula is C10H10ClNO2. The number of halogens is 1. The van der Waals surface area contributed by atoms with Gasteiger partial charge in [0.05, 0.1) is 0 Å². The molecule has 2 rings (SSSR count). The SMILES string of the molecule is Nc1ccc(Cl)c(C2CCC(=O)O2)c1. The summed E-state index contributed by atoms with van der Waals surface area (Å²) in [4.78, 5) is 10.9. The maximum Gasteiger partial charge on any atom is 0.306 e. The zero-order valence-corrected chi connectivity index (χ0v) is 8.25. The molecule has 1 saturated heterocycles. The van der Waals surface area contributed by atoms with E-state index in [1.807, 2.05) is 0 Å². The fourth-order valence-corrected chi connectivity index (χ4v) is 1.79. The third kappa shape index (κ3) is 1.68. The Morgan fingerprint density at radius 1 is 1.50 bits per heavy atom. The van der Waals surface area contributed by atoms with Gasteiger partial charge in [0.2, 0.25) is 0 Å². The Balaban J connectivity index is 2.31. The Morgan fingerprint density at radius 3 is 2.93 bits per heavy atom. The summed E-state index contributed by atoms with van der Waals surface area (Å²) in [6, 6.07) is 5.20. The van der Waals surface area contributed by atoms with Gasteiger partial charge < -0.3 is 10.5 Å². The number of esters is 1. The molecule has 1 aromatic carbocycles. The highest BCUT2D eigenvalue weighted by atomic mass is 35.5. The van der Waals surface area contributed by atoms with Gasteiger partial charge in [-0.25, -0.2) is 0 Å². The van der Waals surface area contributed by atoms with E-state index in [0.29, 0.717) is 23.6 Å². The highest BCUT2D eigenvalue weighted by molar-refractivity contribution is 6.31. The van der Waals surface area contributed by atoms with E-state index >= 15 is 0 Å². The van der Waals surface area contributed by atoms with Crippen LogP contribution in [0.4, 0.5) is 5.69 Å². The molecule has 0 spiro atoms. The highest BCUT2D eigenvalue weighted by Gasteiger charge is 2.26. The number of carbonyl (C=O) groups is 1. The van der Waals surface area contributed by atoms with Crippen LogP contribution in [0.3, 0.4) is 0 Å². The van der Waals surface area contributed by atoms with Crippen LogP contribution < -0.4 is 5.73 Å². The van der Waals surface area contributed by atoms with E-state index in [1.165, 1.54) is 0 Å². The predicted octanol–water partition coefficient (Wildman–Crippen LogP) is 2.30. The smallest absolute Gasteiger partial charge is 0.306 e. The molecule has 0 aromatic heterocycles. The quantitative estimate of drug-likeness (QED) is 0.573. The van der Waals surface area contributed by atoms with Crippen LogP contribution in [0.15, 0.2) is 18.2 Å². The van der Waals surface area contributed by atoms with E-state index in [4.69, 9.17) is 22.1 Å². The molecule has 1 atom stereocenters. The molecule has 0 saturated carbocycles. The van der Waals surface area contributed by atoms with Crippen molar-refractivity contribution in [3.8, 4) is 0 Å². The molecule has 14 heavy (non-hydrogen) atoms. The highest BCUT2D eigenvalue weighted by Crippen LogP contribution is 2.34. The van der Waals surface area contributed by atoms with Crippen molar-refractivity contribution < 1.29 is 9.53 Å². The van der Waals surface area contributed by atoms with Gasteiger partial charge >= 0.3 is 5.97 Å². The summed E-state index contributed by atoms with van der Waals surface area (Å²) in [6.07, 6.45) is 0.913. The van der Waals surface area contributed by atoms with Crippen LogP contribution in [0.2, 0.25) is 5.02 Å². The van der Waals surface area contributed by atoms with Gasteiger partial charge in [-0.15, -0.1) is 0 Å². The first-order valence-electron chi connectivity index (χ1n) is 4.41. The summed E-state index contributed by atoms with van der Waals surface area (Å²) in [6.45, 7) is 0. The van der Waals surface area contributed by atoms with Gasteiger partial charge in [-0.1, -0.05) is 11.6 Å². The van der Waals surface area contributed by atoms with Gasteiger partial charge in [-0.3, -0.25) is 4.79 Å². The van der Waals surface area contributed by atoms with Crippen molar-refractivity contribution in [1.82, 2.24) is 0 Å². The normalized spacial score (nSPS) is 20.9. The summed E-state index contributed by atoms with van der Waals surface area (Å²) in [7, 11) is 0. The third-order valence-corrected chi connectivity index (χ3v) is 2.60. The van der Waals surface area contributed by atoms with Crippen molar-refractivity contribution >= 4 is 23.3 Å². The summed E-state index contributed by atoms with van der Waals surface area (Å²) < 4.78 is 5.10. The molecule has 2 N–H and O–H groups in total. The van der Waals surface area contributed by atoms with Crippen molar-refractivity contribution in [3.05, 3.63) is 28.8 Å². The molecule has 1 aliphatic rings. The maximum atomic E-state index is 10.9. The van der Waals surface area contributed by atoms with Gasteiger partial charge in [0.1, 0.15) is 6.10 Å². The van der Waals surface area contributed by atoms with Crippen molar-refractivity contribution in [2.45, 2.75) is 18.9 Å². The zero-order valence-electron chi connectivity index (χ0n) is 7.50. The number of carbonyl (C=O) groups excluding carboxylic acids is 1. The predicted molar refractivity (Wildman–Crippen MR) is 53.9 cm³/mol. The number of hydrogen-bond acceptors (Lipinski definition) is 3. The summed E-state index contributed by atoms with van der Waals surface area (Å²) >= 11 is 5.98. The molecule has 0 aliphatic carbocycles. The minimum atomic E-state index is -0.224. The van der Waals surface area contributed by atoms with Crippen LogP contribution in [0.1, 0.15) is 24.5 Å². The number of benzene rings is 1. The topological polar surface area (TPSA) is 52.3 Å². The molecule has 1 unspecified atom stereocenters. The van der Waals surface area contributed by atoms with Crippen LogP contribution >= 0.6 is 11.6 Å². The number of hydrogen-bond donors (Lipinski definition) is 1. The van der Waals surface area contributed by atoms with E-state index in [9.17, 15) is 4.79 Å². The largest absolute Gasteiger partial charge is 0.457 e. The second kappa shape index (κ2) is 3.50. The molecular weight excluding hydrogens is 202 g/mol. The number of anilines is 1. The van der Waals surface area contributed by atoms with E-state index in [2.05, 4.69) is 0 Å². The number of rotatable bonds is 1. The molecule has 1 aromatic rings. The lowest BCUT2D eigenvalue weighted by molar-refractivity contribution is -0.141. The fourth-order valence-electron chi connectivity index (χ4n) is 1.55. The molecule has 0 bridgehead atoms. The molecule has 3 nitrogen and oxygen atoms in total. The first-order chi connectivity index (χ1) is 6.66. The fraction of sp³-hybridized carbons (Fsp3) is 0.300. The summed E-state index contributed by atoms with van der Waals surface area (Å²) in [5.74, 6) is -0.173. The Morgan fingerprint density at radius 2 is 2.29 bits per heavy atom. The number of ether oxygens (including phenoxy) is 1. The Labute approximate surface area is 86.8 Å².